The lowest BCUT2D eigenvalue weighted by Gasteiger charge is -2.59. The molecule has 1 saturated heterocycles. The van der Waals surface area contributed by atoms with Gasteiger partial charge >= 0.3 is 0 Å². The van der Waals surface area contributed by atoms with Gasteiger partial charge in [0, 0.05) is 31.3 Å². The van der Waals surface area contributed by atoms with Crippen LogP contribution in [0.3, 0.4) is 0 Å². The number of hydrogen-bond donors (Lipinski definition) is 2. The van der Waals surface area contributed by atoms with Crippen LogP contribution in [0.15, 0.2) is 11.6 Å². The van der Waals surface area contributed by atoms with Crippen LogP contribution in [-0.4, -0.2) is 41.4 Å². The predicted octanol–water partition coefficient (Wildman–Crippen LogP) is 4.20. The maximum absolute atomic E-state index is 11.6. The molecule has 30 heavy (non-hydrogen) atoms. The van der Waals surface area contributed by atoms with Crippen molar-refractivity contribution in [1.82, 2.24) is 0 Å². The van der Waals surface area contributed by atoms with E-state index in [0.717, 1.165) is 58.2 Å². The van der Waals surface area contributed by atoms with Crippen molar-refractivity contribution < 1.29 is 19.7 Å². The average Bonchev–Trinajstić information content (AvgIpc) is 3.29. The summed E-state index contributed by atoms with van der Waals surface area (Å²) in [6.07, 6.45) is 12.2. The Labute approximate surface area is 181 Å². The zero-order chi connectivity index (χ0) is 21.0. The summed E-state index contributed by atoms with van der Waals surface area (Å²) in [5.74, 6) is 7.98. The number of hydrogen-bond acceptors (Lipinski definition) is 4. The Bertz CT molecular complexity index is 772. The Morgan fingerprint density at radius 3 is 2.60 bits per heavy atom. The number of aliphatic hydroxyl groups excluding tert-OH is 1. The molecule has 4 nitrogen and oxygen atoms in total. The molecule has 5 rings (SSSR count). The van der Waals surface area contributed by atoms with Crippen molar-refractivity contribution in [2.24, 2.45) is 28.6 Å². The minimum Gasteiger partial charge on any atom is -0.396 e. The highest BCUT2D eigenvalue weighted by molar-refractivity contribution is 5.30. The normalized spacial score (nSPS) is 46.4. The first-order chi connectivity index (χ1) is 14.4. The molecule has 0 aromatic carbocycles. The van der Waals surface area contributed by atoms with E-state index in [1.807, 2.05) is 0 Å². The zero-order valence-electron chi connectivity index (χ0n) is 18.7. The van der Waals surface area contributed by atoms with Gasteiger partial charge in [-0.3, -0.25) is 0 Å². The first-order valence-corrected chi connectivity index (χ1v) is 12.2. The van der Waals surface area contributed by atoms with Gasteiger partial charge in [-0.1, -0.05) is 31.4 Å². The van der Waals surface area contributed by atoms with Crippen LogP contribution in [0.5, 0.6) is 0 Å². The van der Waals surface area contributed by atoms with Gasteiger partial charge in [-0.2, -0.15) is 0 Å². The van der Waals surface area contributed by atoms with Crippen molar-refractivity contribution in [1.29, 1.82) is 0 Å². The standard InChI is InChI=1S/C26H38O4/c1-23-13-14-26(29-16-17-30-26)18-19(23)6-7-20-21(23)8-11-24(2)22(20)9-12-25(24,28)10-4-3-5-15-27/h6,20-22,27-28H,3,5,7-9,11-18H2,1-2H3/t20-,21+,22+,23+,24+,25+/m1/s1. The summed E-state index contributed by atoms with van der Waals surface area (Å²) in [6.45, 7) is 6.43. The minimum atomic E-state index is -0.870. The minimum absolute atomic E-state index is 0.115. The highest BCUT2D eigenvalue weighted by Gasteiger charge is 2.64. The molecule has 1 heterocycles. The summed E-state index contributed by atoms with van der Waals surface area (Å²) >= 11 is 0. The maximum atomic E-state index is 11.6. The molecule has 166 valence electrons. The molecule has 2 N–H and O–H groups in total. The third-order valence-corrected chi connectivity index (χ3v) is 9.83. The molecular formula is C26H38O4. The lowest BCUT2D eigenvalue weighted by Crippen LogP contribution is -2.55. The Kier molecular flexibility index (Phi) is 5.14. The van der Waals surface area contributed by atoms with Crippen molar-refractivity contribution in [3.05, 3.63) is 11.6 Å². The van der Waals surface area contributed by atoms with E-state index >= 15 is 0 Å². The lowest BCUT2D eigenvalue weighted by molar-refractivity contribution is -0.186. The molecule has 4 fully saturated rings. The molecule has 4 aliphatic carbocycles. The lowest BCUT2D eigenvalue weighted by atomic mass is 9.47. The smallest absolute Gasteiger partial charge is 0.172 e. The van der Waals surface area contributed by atoms with Gasteiger partial charge in [0.25, 0.3) is 0 Å². The van der Waals surface area contributed by atoms with Gasteiger partial charge in [-0.05, 0) is 68.1 Å². The van der Waals surface area contributed by atoms with Crippen LogP contribution in [0.25, 0.3) is 0 Å². The quantitative estimate of drug-likeness (QED) is 0.404. The van der Waals surface area contributed by atoms with E-state index in [4.69, 9.17) is 14.6 Å². The molecule has 4 heteroatoms. The number of aliphatic hydroxyl groups is 2. The van der Waals surface area contributed by atoms with E-state index in [9.17, 15) is 5.11 Å². The third kappa shape index (κ3) is 2.96. The second-order valence-electron chi connectivity index (χ2n) is 11.0. The van der Waals surface area contributed by atoms with Crippen molar-refractivity contribution >= 4 is 0 Å². The van der Waals surface area contributed by atoms with Crippen LogP contribution in [-0.2, 0) is 9.47 Å². The van der Waals surface area contributed by atoms with E-state index in [1.54, 1.807) is 5.57 Å². The molecule has 0 amide bonds. The summed E-state index contributed by atoms with van der Waals surface area (Å²) in [5.41, 5.74) is 0.830. The molecule has 0 unspecified atom stereocenters. The molecule has 0 bridgehead atoms. The fourth-order valence-electron chi connectivity index (χ4n) is 7.95. The Morgan fingerprint density at radius 1 is 1.07 bits per heavy atom. The second kappa shape index (κ2) is 7.34. The summed E-state index contributed by atoms with van der Waals surface area (Å²) < 4.78 is 12.1. The Hall–Kier alpha value is -0.860. The molecule has 1 spiro atoms. The van der Waals surface area contributed by atoms with E-state index in [2.05, 4.69) is 31.8 Å². The van der Waals surface area contributed by atoms with Crippen molar-refractivity contribution in [2.75, 3.05) is 19.8 Å². The summed E-state index contributed by atoms with van der Waals surface area (Å²) in [4.78, 5) is 0. The number of ether oxygens (including phenoxy) is 2. The van der Waals surface area contributed by atoms with Gasteiger partial charge in [-0.25, -0.2) is 0 Å². The number of allylic oxidation sites excluding steroid dienone is 1. The molecule has 3 saturated carbocycles. The van der Waals surface area contributed by atoms with Crippen LogP contribution in [0, 0.1) is 40.4 Å². The SMILES string of the molecule is C[C@]12CCC3(CC1=CC[C@@H]1[C@@H]2CC[C@@]2(C)[C@H]1CC[C@@]2(O)C#CCCCO)OCCO3. The van der Waals surface area contributed by atoms with Crippen molar-refractivity contribution in [3.63, 3.8) is 0 Å². The van der Waals surface area contributed by atoms with E-state index < -0.39 is 5.60 Å². The van der Waals surface area contributed by atoms with Crippen LogP contribution >= 0.6 is 0 Å². The molecule has 0 radical (unpaired) electrons. The largest absolute Gasteiger partial charge is 0.396 e. The molecule has 5 aliphatic rings. The van der Waals surface area contributed by atoms with Crippen LogP contribution in [0.2, 0.25) is 0 Å². The second-order valence-corrected chi connectivity index (χ2v) is 11.0. The number of fused-ring (bicyclic) bond motifs is 5. The van der Waals surface area contributed by atoms with Crippen molar-refractivity contribution in [2.45, 2.75) is 89.4 Å². The average molecular weight is 415 g/mol. The summed E-state index contributed by atoms with van der Waals surface area (Å²) in [6, 6.07) is 0. The fraction of sp³-hybridized carbons (Fsp3) is 0.846. The third-order valence-electron chi connectivity index (χ3n) is 9.83. The number of unbranched alkanes of at least 4 members (excludes halogenated alkanes) is 1. The van der Waals surface area contributed by atoms with Crippen LogP contribution < -0.4 is 0 Å². The Balaban J connectivity index is 1.39. The van der Waals surface area contributed by atoms with Gasteiger partial charge in [0.2, 0.25) is 0 Å². The van der Waals surface area contributed by atoms with E-state index in [-0.39, 0.29) is 23.2 Å². The fourth-order valence-corrected chi connectivity index (χ4v) is 7.95. The van der Waals surface area contributed by atoms with Gasteiger partial charge < -0.3 is 19.7 Å². The van der Waals surface area contributed by atoms with Gasteiger partial charge in [0.1, 0.15) is 5.60 Å². The summed E-state index contributed by atoms with van der Waals surface area (Å²) in [5, 5.41) is 20.6. The highest BCUT2D eigenvalue weighted by atomic mass is 16.7. The van der Waals surface area contributed by atoms with Gasteiger partial charge in [0.15, 0.2) is 5.79 Å². The molecule has 0 aromatic heterocycles. The molecule has 0 aromatic rings. The Morgan fingerprint density at radius 2 is 1.83 bits per heavy atom. The zero-order valence-corrected chi connectivity index (χ0v) is 18.7. The van der Waals surface area contributed by atoms with Gasteiger partial charge in [0.05, 0.1) is 13.2 Å². The van der Waals surface area contributed by atoms with Crippen LogP contribution in [0.1, 0.15) is 78.1 Å². The molecule has 6 atom stereocenters. The number of rotatable bonds is 2. The maximum Gasteiger partial charge on any atom is 0.172 e. The highest BCUT2D eigenvalue weighted by Crippen LogP contribution is 2.67. The first-order valence-electron chi connectivity index (χ1n) is 12.2. The van der Waals surface area contributed by atoms with E-state index in [0.29, 0.717) is 30.6 Å². The predicted molar refractivity (Wildman–Crippen MR) is 115 cm³/mol. The monoisotopic (exact) mass is 414 g/mol. The van der Waals surface area contributed by atoms with Crippen molar-refractivity contribution in [3.8, 4) is 11.8 Å². The molecular weight excluding hydrogens is 376 g/mol. The van der Waals surface area contributed by atoms with Gasteiger partial charge in [-0.15, -0.1) is 5.92 Å². The molecule has 1 aliphatic heterocycles. The summed E-state index contributed by atoms with van der Waals surface area (Å²) in [7, 11) is 0. The topological polar surface area (TPSA) is 58.9 Å². The van der Waals surface area contributed by atoms with Crippen LogP contribution in [0.4, 0.5) is 0 Å². The first kappa shape index (κ1) is 21.0. The van der Waals surface area contributed by atoms with E-state index in [1.165, 1.54) is 6.42 Å².